The molecule has 1 N–H and O–H groups in total. The Morgan fingerprint density at radius 1 is 1.05 bits per heavy atom. The average molecular weight is 252 g/mol. The molecule has 0 atom stereocenters. The van der Waals surface area contributed by atoms with Gasteiger partial charge in [0.2, 0.25) is 0 Å². The summed E-state index contributed by atoms with van der Waals surface area (Å²) in [5, 5.41) is 8.74. The van der Waals surface area contributed by atoms with Crippen molar-refractivity contribution in [2.75, 3.05) is 0 Å². The molecule has 0 aliphatic carbocycles. The molecular formula is C17H16O2. The van der Waals surface area contributed by atoms with Gasteiger partial charge in [0.25, 0.3) is 0 Å². The van der Waals surface area contributed by atoms with Crippen LogP contribution in [0.1, 0.15) is 18.1 Å². The molecule has 0 amide bonds. The maximum absolute atomic E-state index is 10.6. The summed E-state index contributed by atoms with van der Waals surface area (Å²) in [5.74, 6) is -0.916. The third-order valence-electron chi connectivity index (χ3n) is 3.14. The van der Waals surface area contributed by atoms with Crippen molar-refractivity contribution in [3.63, 3.8) is 0 Å². The van der Waals surface area contributed by atoms with Gasteiger partial charge in [0.15, 0.2) is 0 Å². The first-order valence-electron chi connectivity index (χ1n) is 6.15. The summed E-state index contributed by atoms with van der Waals surface area (Å²) in [6.45, 7) is 3.88. The molecule has 0 radical (unpaired) electrons. The lowest BCUT2D eigenvalue weighted by Gasteiger charge is -2.07. The van der Waals surface area contributed by atoms with Crippen molar-refractivity contribution in [3.8, 4) is 11.1 Å². The van der Waals surface area contributed by atoms with E-state index >= 15 is 0 Å². The Balaban J connectivity index is 2.34. The molecule has 0 unspecified atom stereocenters. The van der Waals surface area contributed by atoms with Crippen molar-refractivity contribution in [2.45, 2.75) is 13.8 Å². The number of hydrogen-bond donors (Lipinski definition) is 1. The second kappa shape index (κ2) is 5.53. The number of carboxylic acid groups (broad SMARTS) is 1. The van der Waals surface area contributed by atoms with E-state index in [1.54, 1.807) is 6.92 Å². The lowest BCUT2D eigenvalue weighted by molar-refractivity contribution is -0.131. The number of rotatable bonds is 3. The third kappa shape index (κ3) is 3.10. The molecule has 19 heavy (non-hydrogen) atoms. The number of hydrogen-bond acceptors (Lipinski definition) is 1. The lowest BCUT2D eigenvalue weighted by atomic mass is 9.98. The number of carboxylic acids is 1. The van der Waals surface area contributed by atoms with Gasteiger partial charge < -0.3 is 5.11 Å². The summed E-state index contributed by atoms with van der Waals surface area (Å²) in [6, 6.07) is 16.2. The molecule has 0 aromatic heterocycles. The standard InChI is InChI=1S/C17H16O2/c1-12-5-3-4-6-16(12)15-9-7-14(8-10-15)13(2)11-17(18)19/h3-11H,1-2H3,(H,18,19)/b13-11-. The topological polar surface area (TPSA) is 37.3 Å². The van der Waals surface area contributed by atoms with Gasteiger partial charge in [-0.15, -0.1) is 0 Å². The van der Waals surface area contributed by atoms with E-state index in [4.69, 9.17) is 5.11 Å². The van der Waals surface area contributed by atoms with Crippen LogP contribution in [-0.4, -0.2) is 11.1 Å². The van der Waals surface area contributed by atoms with Crippen LogP contribution in [0.2, 0.25) is 0 Å². The molecule has 2 rings (SSSR count). The molecule has 2 aromatic carbocycles. The monoisotopic (exact) mass is 252 g/mol. The fourth-order valence-electron chi connectivity index (χ4n) is 2.08. The van der Waals surface area contributed by atoms with Gasteiger partial charge in [0.1, 0.15) is 0 Å². The highest BCUT2D eigenvalue weighted by molar-refractivity contribution is 5.89. The Morgan fingerprint density at radius 3 is 2.26 bits per heavy atom. The number of benzene rings is 2. The van der Waals surface area contributed by atoms with E-state index in [1.165, 1.54) is 17.2 Å². The van der Waals surface area contributed by atoms with E-state index in [1.807, 2.05) is 36.4 Å². The molecule has 0 aliphatic heterocycles. The highest BCUT2D eigenvalue weighted by Gasteiger charge is 2.02. The Hall–Kier alpha value is -2.35. The van der Waals surface area contributed by atoms with Gasteiger partial charge in [-0.25, -0.2) is 4.79 Å². The molecule has 0 saturated carbocycles. The fraction of sp³-hybridized carbons (Fsp3) is 0.118. The predicted octanol–water partition coefficient (Wildman–Crippen LogP) is 4.15. The summed E-state index contributed by atoms with van der Waals surface area (Å²) in [4.78, 5) is 10.6. The first kappa shape index (κ1) is 13.1. The van der Waals surface area contributed by atoms with Crippen LogP contribution in [0.4, 0.5) is 0 Å². The highest BCUT2D eigenvalue weighted by atomic mass is 16.4. The van der Waals surface area contributed by atoms with Crippen molar-refractivity contribution in [3.05, 3.63) is 65.7 Å². The second-order valence-corrected chi connectivity index (χ2v) is 4.56. The van der Waals surface area contributed by atoms with Crippen molar-refractivity contribution in [2.24, 2.45) is 0 Å². The van der Waals surface area contributed by atoms with Crippen LogP contribution in [0.3, 0.4) is 0 Å². The van der Waals surface area contributed by atoms with Crippen molar-refractivity contribution < 1.29 is 9.90 Å². The summed E-state index contributed by atoms with van der Waals surface area (Å²) >= 11 is 0. The molecule has 2 aromatic rings. The smallest absolute Gasteiger partial charge is 0.328 e. The highest BCUT2D eigenvalue weighted by Crippen LogP contribution is 2.25. The van der Waals surface area contributed by atoms with Gasteiger partial charge in [-0.2, -0.15) is 0 Å². The number of allylic oxidation sites excluding steroid dienone is 1. The van der Waals surface area contributed by atoms with E-state index in [9.17, 15) is 4.79 Å². The average Bonchev–Trinajstić information content (AvgIpc) is 2.39. The van der Waals surface area contributed by atoms with Crippen molar-refractivity contribution in [1.82, 2.24) is 0 Å². The SMILES string of the molecule is C/C(=C/C(=O)O)c1ccc(-c2ccccc2C)cc1. The van der Waals surface area contributed by atoms with Gasteiger partial charge in [-0.1, -0.05) is 48.5 Å². The minimum absolute atomic E-state index is 0.754. The van der Waals surface area contributed by atoms with E-state index in [2.05, 4.69) is 19.1 Å². The summed E-state index contributed by atoms with van der Waals surface area (Å²) < 4.78 is 0. The molecule has 0 aliphatic rings. The van der Waals surface area contributed by atoms with E-state index in [0.717, 1.165) is 16.7 Å². The summed E-state index contributed by atoms with van der Waals surface area (Å²) in [7, 11) is 0. The molecule has 2 nitrogen and oxygen atoms in total. The lowest BCUT2D eigenvalue weighted by Crippen LogP contribution is -1.90. The van der Waals surface area contributed by atoms with E-state index in [-0.39, 0.29) is 0 Å². The van der Waals surface area contributed by atoms with Crippen LogP contribution in [0.15, 0.2) is 54.6 Å². The molecule has 0 saturated heterocycles. The van der Waals surface area contributed by atoms with Gasteiger partial charge in [0, 0.05) is 6.08 Å². The molecule has 2 heteroatoms. The largest absolute Gasteiger partial charge is 0.478 e. The summed E-state index contributed by atoms with van der Waals surface area (Å²) in [6.07, 6.45) is 1.22. The Labute approximate surface area is 113 Å². The first-order valence-corrected chi connectivity index (χ1v) is 6.15. The molecule has 0 bridgehead atoms. The molecule has 0 fully saturated rings. The van der Waals surface area contributed by atoms with E-state index < -0.39 is 5.97 Å². The quantitative estimate of drug-likeness (QED) is 0.833. The third-order valence-corrected chi connectivity index (χ3v) is 3.14. The zero-order valence-corrected chi connectivity index (χ0v) is 11.1. The predicted molar refractivity (Wildman–Crippen MR) is 77.9 cm³/mol. The second-order valence-electron chi connectivity index (χ2n) is 4.56. The zero-order valence-electron chi connectivity index (χ0n) is 11.1. The zero-order chi connectivity index (χ0) is 13.8. The van der Waals surface area contributed by atoms with Crippen LogP contribution in [-0.2, 0) is 4.79 Å². The van der Waals surface area contributed by atoms with Crippen LogP contribution in [0.25, 0.3) is 16.7 Å². The molecule has 96 valence electrons. The van der Waals surface area contributed by atoms with Crippen LogP contribution in [0.5, 0.6) is 0 Å². The van der Waals surface area contributed by atoms with Gasteiger partial charge >= 0.3 is 5.97 Å². The molecule has 0 heterocycles. The Bertz CT molecular complexity index is 622. The number of aryl methyl sites for hydroxylation is 1. The molecular weight excluding hydrogens is 236 g/mol. The normalized spacial score (nSPS) is 11.4. The Kier molecular flexibility index (Phi) is 3.81. The maximum Gasteiger partial charge on any atom is 0.328 e. The van der Waals surface area contributed by atoms with Gasteiger partial charge in [-0.3, -0.25) is 0 Å². The van der Waals surface area contributed by atoms with E-state index in [0.29, 0.717) is 0 Å². The fourth-order valence-corrected chi connectivity index (χ4v) is 2.08. The minimum Gasteiger partial charge on any atom is -0.478 e. The number of carbonyl (C=O) groups is 1. The van der Waals surface area contributed by atoms with Crippen molar-refractivity contribution >= 4 is 11.5 Å². The summed E-state index contributed by atoms with van der Waals surface area (Å²) in [5.41, 5.74) is 5.26. The van der Waals surface area contributed by atoms with Crippen LogP contribution < -0.4 is 0 Å². The first-order chi connectivity index (χ1) is 9.08. The van der Waals surface area contributed by atoms with Gasteiger partial charge in [-0.05, 0) is 41.7 Å². The minimum atomic E-state index is -0.916. The van der Waals surface area contributed by atoms with Gasteiger partial charge in [0.05, 0.1) is 0 Å². The molecule has 0 spiro atoms. The number of aliphatic carboxylic acids is 1. The van der Waals surface area contributed by atoms with Crippen molar-refractivity contribution in [1.29, 1.82) is 0 Å². The maximum atomic E-state index is 10.6. The van der Waals surface area contributed by atoms with Crippen LogP contribution in [0, 0.1) is 6.92 Å². The van der Waals surface area contributed by atoms with Crippen LogP contribution >= 0.6 is 0 Å². The Morgan fingerprint density at radius 2 is 1.68 bits per heavy atom.